The van der Waals surface area contributed by atoms with Gasteiger partial charge in [-0.05, 0) is 19.3 Å². The van der Waals surface area contributed by atoms with E-state index in [1.807, 2.05) is 12.3 Å². The molecule has 0 amide bonds. The number of fused-ring (bicyclic) bond motifs is 1. The molecule has 0 aromatic carbocycles. The van der Waals surface area contributed by atoms with Crippen molar-refractivity contribution >= 4 is 32.1 Å². The third kappa shape index (κ3) is 2.68. The number of aromatic nitrogens is 2. The van der Waals surface area contributed by atoms with Gasteiger partial charge in [-0.25, -0.2) is 18.1 Å². The molecule has 2 aromatic heterocycles. The van der Waals surface area contributed by atoms with Gasteiger partial charge in [0.1, 0.15) is 0 Å². The smallest absolute Gasteiger partial charge is 0.260 e. The van der Waals surface area contributed by atoms with Gasteiger partial charge >= 0.3 is 0 Å². The lowest BCUT2D eigenvalue weighted by molar-refractivity contribution is 0.571. The number of imidazole rings is 1. The van der Waals surface area contributed by atoms with Crippen molar-refractivity contribution in [3.05, 3.63) is 11.6 Å². The van der Waals surface area contributed by atoms with Crippen molar-refractivity contribution in [3.8, 4) is 0 Å². The molecule has 0 radical (unpaired) electrons. The van der Waals surface area contributed by atoms with Crippen LogP contribution in [0.4, 0.5) is 5.82 Å². The van der Waals surface area contributed by atoms with Crippen LogP contribution in [0.3, 0.4) is 0 Å². The molecule has 8 heteroatoms. The first kappa shape index (κ1) is 13.8. The van der Waals surface area contributed by atoms with Crippen molar-refractivity contribution in [1.29, 1.82) is 0 Å². The van der Waals surface area contributed by atoms with Crippen molar-refractivity contribution in [3.63, 3.8) is 0 Å². The Balaban J connectivity index is 1.88. The summed E-state index contributed by atoms with van der Waals surface area (Å²) in [7, 11) is -3.54. The second kappa shape index (κ2) is 5.34. The molecule has 2 heterocycles. The number of nitrogens with zero attached hydrogens (tertiary/aromatic N) is 2. The lowest BCUT2D eigenvalue weighted by Crippen LogP contribution is -2.27. The molecule has 3 rings (SSSR count). The number of hydrogen-bond donors (Lipinski definition) is 2. The lowest BCUT2D eigenvalue weighted by Gasteiger charge is -2.08. The van der Waals surface area contributed by atoms with Crippen LogP contribution in [0, 0.1) is 5.92 Å². The Hall–Kier alpha value is -1.12. The molecule has 110 valence electrons. The Morgan fingerprint density at radius 3 is 3.00 bits per heavy atom. The van der Waals surface area contributed by atoms with E-state index in [0.717, 1.165) is 6.42 Å². The monoisotopic (exact) mass is 314 g/mol. The zero-order chi connectivity index (χ0) is 14.2. The SMILES string of the molecule is CCNc1nc2sccn2c1S(=O)(=O)NCCC1CC1. The number of hydrogen-bond acceptors (Lipinski definition) is 5. The van der Waals surface area contributed by atoms with Gasteiger partial charge in [-0.3, -0.25) is 4.40 Å². The minimum atomic E-state index is -3.54. The Bertz CT molecular complexity index is 700. The molecule has 0 unspecified atom stereocenters. The maximum Gasteiger partial charge on any atom is 0.260 e. The molecule has 0 saturated heterocycles. The molecule has 0 atom stereocenters. The fraction of sp³-hybridized carbons (Fsp3) is 0.583. The molecule has 20 heavy (non-hydrogen) atoms. The lowest BCUT2D eigenvalue weighted by atomic mass is 10.3. The van der Waals surface area contributed by atoms with Crippen LogP contribution in [-0.2, 0) is 10.0 Å². The van der Waals surface area contributed by atoms with Crippen LogP contribution in [0.1, 0.15) is 26.2 Å². The summed E-state index contributed by atoms with van der Waals surface area (Å²) in [5, 5.41) is 5.07. The average molecular weight is 314 g/mol. The number of sulfonamides is 1. The second-order valence-electron chi connectivity index (χ2n) is 4.98. The van der Waals surface area contributed by atoms with Gasteiger partial charge in [0.25, 0.3) is 10.0 Å². The molecule has 1 fully saturated rings. The highest BCUT2D eigenvalue weighted by molar-refractivity contribution is 7.89. The number of anilines is 1. The van der Waals surface area contributed by atoms with Gasteiger partial charge in [-0.15, -0.1) is 11.3 Å². The second-order valence-corrected chi connectivity index (χ2v) is 7.54. The first-order chi connectivity index (χ1) is 9.62. The minimum absolute atomic E-state index is 0.214. The zero-order valence-electron chi connectivity index (χ0n) is 11.3. The fourth-order valence-electron chi connectivity index (χ4n) is 2.18. The van der Waals surface area contributed by atoms with Crippen molar-refractivity contribution in [2.75, 3.05) is 18.4 Å². The van der Waals surface area contributed by atoms with Crippen LogP contribution in [-0.4, -0.2) is 30.9 Å². The summed E-state index contributed by atoms with van der Waals surface area (Å²) in [6.45, 7) is 3.05. The van der Waals surface area contributed by atoms with E-state index in [0.29, 0.717) is 29.8 Å². The average Bonchev–Trinajstić information content (AvgIpc) is 2.97. The maximum atomic E-state index is 12.5. The molecular formula is C12H18N4O2S2. The molecule has 0 bridgehead atoms. The molecule has 1 saturated carbocycles. The summed E-state index contributed by atoms with van der Waals surface area (Å²) in [5.41, 5.74) is 0. The summed E-state index contributed by atoms with van der Waals surface area (Å²) in [5.74, 6) is 1.14. The summed E-state index contributed by atoms with van der Waals surface area (Å²) < 4.78 is 29.3. The molecule has 1 aliphatic carbocycles. The van der Waals surface area contributed by atoms with Gasteiger partial charge in [0.15, 0.2) is 15.8 Å². The van der Waals surface area contributed by atoms with E-state index < -0.39 is 10.0 Å². The fourth-order valence-corrected chi connectivity index (χ4v) is 4.25. The van der Waals surface area contributed by atoms with Crippen molar-refractivity contribution in [2.24, 2.45) is 5.92 Å². The van der Waals surface area contributed by atoms with E-state index in [2.05, 4.69) is 15.0 Å². The van der Waals surface area contributed by atoms with E-state index >= 15 is 0 Å². The Labute approximate surface area is 122 Å². The first-order valence-corrected chi connectivity index (χ1v) is 9.17. The molecule has 0 aliphatic heterocycles. The summed E-state index contributed by atoms with van der Waals surface area (Å²) in [4.78, 5) is 5.02. The number of rotatable bonds is 7. The molecule has 1 aliphatic rings. The molecular weight excluding hydrogens is 296 g/mol. The minimum Gasteiger partial charge on any atom is -0.368 e. The highest BCUT2D eigenvalue weighted by atomic mass is 32.2. The van der Waals surface area contributed by atoms with Crippen LogP contribution in [0.15, 0.2) is 16.6 Å². The molecule has 2 N–H and O–H groups in total. The third-order valence-electron chi connectivity index (χ3n) is 3.36. The van der Waals surface area contributed by atoms with Gasteiger partial charge in [0.05, 0.1) is 0 Å². The van der Waals surface area contributed by atoms with Crippen molar-refractivity contribution < 1.29 is 8.42 Å². The van der Waals surface area contributed by atoms with Crippen LogP contribution < -0.4 is 10.0 Å². The highest BCUT2D eigenvalue weighted by Gasteiger charge is 2.27. The zero-order valence-corrected chi connectivity index (χ0v) is 12.9. The van der Waals surface area contributed by atoms with E-state index in [1.165, 1.54) is 24.2 Å². The van der Waals surface area contributed by atoms with Gasteiger partial charge < -0.3 is 5.32 Å². The van der Waals surface area contributed by atoms with E-state index in [-0.39, 0.29) is 5.03 Å². The van der Waals surface area contributed by atoms with Crippen molar-refractivity contribution in [1.82, 2.24) is 14.1 Å². The summed E-state index contributed by atoms with van der Waals surface area (Å²) in [6, 6.07) is 0. The van der Waals surface area contributed by atoms with Gasteiger partial charge in [-0.1, -0.05) is 12.8 Å². The molecule has 0 spiro atoms. The van der Waals surface area contributed by atoms with Crippen LogP contribution in [0.25, 0.3) is 4.96 Å². The van der Waals surface area contributed by atoms with Gasteiger partial charge in [0, 0.05) is 24.7 Å². The molecule has 6 nitrogen and oxygen atoms in total. The first-order valence-electron chi connectivity index (χ1n) is 6.81. The van der Waals surface area contributed by atoms with E-state index in [4.69, 9.17) is 0 Å². The van der Waals surface area contributed by atoms with Gasteiger partial charge in [0.2, 0.25) is 0 Å². The predicted octanol–water partition coefficient (Wildman–Crippen LogP) is 1.91. The Morgan fingerprint density at radius 2 is 2.30 bits per heavy atom. The Morgan fingerprint density at radius 1 is 1.50 bits per heavy atom. The molecule has 2 aromatic rings. The topological polar surface area (TPSA) is 75.5 Å². The van der Waals surface area contributed by atoms with Gasteiger partial charge in [-0.2, -0.15) is 0 Å². The standard InChI is InChI=1S/C12H18N4O2S2/c1-2-13-10-11(16-7-8-19-12(16)15-10)20(17,18)14-6-5-9-3-4-9/h7-9,13-14H,2-6H2,1H3. The third-order valence-corrected chi connectivity index (χ3v) is 5.60. The summed E-state index contributed by atoms with van der Waals surface area (Å²) in [6.07, 6.45) is 5.11. The summed E-state index contributed by atoms with van der Waals surface area (Å²) >= 11 is 1.42. The number of thiazole rings is 1. The van der Waals surface area contributed by atoms with E-state index in [9.17, 15) is 8.42 Å². The van der Waals surface area contributed by atoms with E-state index in [1.54, 1.807) is 10.6 Å². The highest BCUT2D eigenvalue weighted by Crippen LogP contribution is 2.32. The predicted molar refractivity (Wildman–Crippen MR) is 79.8 cm³/mol. The number of nitrogens with one attached hydrogen (secondary N) is 2. The van der Waals surface area contributed by atoms with Crippen LogP contribution in [0.2, 0.25) is 0 Å². The van der Waals surface area contributed by atoms with Crippen LogP contribution >= 0.6 is 11.3 Å². The maximum absolute atomic E-state index is 12.5. The Kier molecular flexibility index (Phi) is 3.70. The normalized spacial score (nSPS) is 15.8. The largest absolute Gasteiger partial charge is 0.368 e. The van der Waals surface area contributed by atoms with Crippen molar-refractivity contribution in [2.45, 2.75) is 31.2 Å². The quantitative estimate of drug-likeness (QED) is 0.818. The van der Waals surface area contributed by atoms with Crippen LogP contribution in [0.5, 0.6) is 0 Å².